The Morgan fingerprint density at radius 2 is 2.11 bits per heavy atom. The van der Waals surface area contributed by atoms with Gasteiger partial charge in [-0.3, -0.25) is 9.80 Å². The molecule has 98 valence electrons. The van der Waals surface area contributed by atoms with E-state index in [4.69, 9.17) is 22.2 Å². The van der Waals surface area contributed by atoms with Gasteiger partial charge < -0.3 is 4.74 Å². The highest BCUT2D eigenvalue weighted by Gasteiger charge is 2.54. The Hall–Kier alpha value is -1.26. The molecular weight excluding hydrogens is 252 g/mol. The molecule has 1 aromatic carbocycles. The Kier molecular flexibility index (Phi) is 3.25. The first-order valence-electron chi connectivity index (χ1n) is 5.80. The Labute approximate surface area is 112 Å². The van der Waals surface area contributed by atoms with Crippen LogP contribution in [0.3, 0.4) is 0 Å². The summed E-state index contributed by atoms with van der Waals surface area (Å²) in [5.74, 6) is 6.17. The predicted octanol–water partition coefficient (Wildman–Crippen LogP) is 2.02. The van der Waals surface area contributed by atoms with E-state index < -0.39 is 5.41 Å². The van der Waals surface area contributed by atoms with Crippen molar-refractivity contribution in [2.24, 2.45) is 5.84 Å². The fraction of sp³-hybridized carbons (Fsp3) is 0.462. The molecule has 2 N–H and O–H groups in total. The lowest BCUT2D eigenvalue weighted by atomic mass is 9.93. The first-order valence-corrected chi connectivity index (χ1v) is 6.17. The van der Waals surface area contributed by atoms with Crippen LogP contribution in [0.25, 0.3) is 0 Å². The molecule has 1 fully saturated rings. The van der Waals surface area contributed by atoms with Crippen molar-refractivity contribution in [1.82, 2.24) is 5.01 Å². The quantitative estimate of drug-likeness (QED) is 0.518. The van der Waals surface area contributed by atoms with E-state index in [1.165, 1.54) is 0 Å². The summed E-state index contributed by atoms with van der Waals surface area (Å²) in [5.41, 5.74) is 1.22. The zero-order valence-electron chi connectivity index (χ0n) is 10.8. The van der Waals surface area contributed by atoms with Gasteiger partial charge in [-0.2, -0.15) is 0 Å². The smallest absolute Gasteiger partial charge is 0.246 e. The lowest BCUT2D eigenvalue weighted by Gasteiger charge is -2.22. The van der Waals surface area contributed by atoms with Gasteiger partial charge in [-0.05, 0) is 37.5 Å². The number of rotatable bonds is 3. The number of aryl methyl sites for hydroxylation is 1. The van der Waals surface area contributed by atoms with E-state index in [0.717, 1.165) is 29.0 Å². The maximum Gasteiger partial charge on any atom is 0.246 e. The summed E-state index contributed by atoms with van der Waals surface area (Å²) in [6, 6.07) is 3.69. The topological polar surface area (TPSA) is 55.6 Å². The van der Waals surface area contributed by atoms with Gasteiger partial charge in [0, 0.05) is 17.6 Å². The second-order valence-corrected chi connectivity index (χ2v) is 5.21. The Bertz CT molecular complexity index is 496. The number of ether oxygens (including phenoxy) is 1. The number of benzene rings is 1. The summed E-state index contributed by atoms with van der Waals surface area (Å²) in [6.07, 6.45) is 1.56. The third kappa shape index (κ3) is 1.95. The van der Waals surface area contributed by atoms with Crippen LogP contribution >= 0.6 is 11.6 Å². The Morgan fingerprint density at radius 3 is 2.56 bits per heavy atom. The fourth-order valence-electron chi connectivity index (χ4n) is 2.26. The highest BCUT2D eigenvalue weighted by atomic mass is 35.5. The zero-order valence-corrected chi connectivity index (χ0v) is 11.5. The van der Waals surface area contributed by atoms with E-state index in [1.807, 2.05) is 19.1 Å². The van der Waals surface area contributed by atoms with Crippen molar-refractivity contribution in [3.8, 4) is 5.75 Å². The molecule has 0 spiro atoms. The van der Waals surface area contributed by atoms with Gasteiger partial charge in [0.05, 0.1) is 12.5 Å². The minimum absolute atomic E-state index is 0.0966. The van der Waals surface area contributed by atoms with Crippen LogP contribution in [0.4, 0.5) is 0 Å². The normalized spacial score (nSPS) is 16.3. The van der Waals surface area contributed by atoms with Gasteiger partial charge >= 0.3 is 0 Å². The minimum atomic E-state index is -0.549. The van der Waals surface area contributed by atoms with E-state index in [9.17, 15) is 4.79 Å². The molecule has 0 bridgehead atoms. The first-order chi connectivity index (χ1) is 8.42. The maximum atomic E-state index is 12.2. The Balaban J connectivity index is 2.51. The van der Waals surface area contributed by atoms with Crippen LogP contribution < -0.4 is 10.6 Å². The second kappa shape index (κ2) is 4.44. The van der Waals surface area contributed by atoms with Gasteiger partial charge in [-0.25, -0.2) is 5.84 Å². The molecule has 1 saturated carbocycles. The largest absolute Gasteiger partial charge is 0.496 e. The predicted molar refractivity (Wildman–Crippen MR) is 70.6 cm³/mol. The van der Waals surface area contributed by atoms with Crippen molar-refractivity contribution >= 4 is 17.5 Å². The molecule has 0 aliphatic heterocycles. The van der Waals surface area contributed by atoms with Crippen LogP contribution in [0, 0.1) is 6.92 Å². The van der Waals surface area contributed by atoms with Crippen LogP contribution in [0.1, 0.15) is 24.0 Å². The van der Waals surface area contributed by atoms with E-state index in [-0.39, 0.29) is 5.91 Å². The molecule has 1 aliphatic rings. The van der Waals surface area contributed by atoms with E-state index >= 15 is 0 Å². The van der Waals surface area contributed by atoms with Gasteiger partial charge in [0.15, 0.2) is 0 Å². The molecule has 0 radical (unpaired) electrons. The summed E-state index contributed by atoms with van der Waals surface area (Å²) in [4.78, 5) is 12.2. The number of likely N-dealkylation sites (N-methyl/N-ethyl adjacent to an activating group) is 1. The number of nitrogens with two attached hydrogens (primary N) is 1. The summed E-state index contributed by atoms with van der Waals surface area (Å²) >= 11 is 6.15. The molecule has 18 heavy (non-hydrogen) atoms. The van der Waals surface area contributed by atoms with E-state index in [1.54, 1.807) is 14.2 Å². The van der Waals surface area contributed by atoms with Gasteiger partial charge in [0.25, 0.3) is 0 Å². The number of nitrogens with zero attached hydrogens (tertiary/aromatic N) is 1. The molecule has 0 aromatic heterocycles. The SMILES string of the molecule is COc1cc(C)c(Cl)cc1C1(C(=O)N(C)N)CC1. The minimum Gasteiger partial charge on any atom is -0.496 e. The summed E-state index contributed by atoms with van der Waals surface area (Å²) in [7, 11) is 3.16. The van der Waals surface area contributed by atoms with Gasteiger partial charge in [-0.1, -0.05) is 11.6 Å². The third-order valence-electron chi connectivity index (χ3n) is 3.48. The average molecular weight is 269 g/mol. The molecule has 0 heterocycles. The number of hydrogen-bond acceptors (Lipinski definition) is 3. The van der Waals surface area contributed by atoms with Gasteiger partial charge in [0.1, 0.15) is 5.75 Å². The average Bonchev–Trinajstić information content (AvgIpc) is 3.12. The lowest BCUT2D eigenvalue weighted by Crippen LogP contribution is -2.41. The number of amides is 1. The summed E-state index contributed by atoms with van der Waals surface area (Å²) in [5, 5.41) is 1.78. The number of hydrogen-bond donors (Lipinski definition) is 1. The van der Waals surface area contributed by atoms with Crippen LogP contribution in [0.5, 0.6) is 5.75 Å². The molecule has 1 amide bonds. The van der Waals surface area contributed by atoms with Crippen molar-refractivity contribution in [3.63, 3.8) is 0 Å². The highest BCUT2D eigenvalue weighted by molar-refractivity contribution is 6.31. The molecule has 1 aliphatic carbocycles. The van der Waals surface area contributed by atoms with Crippen LogP contribution in [-0.2, 0) is 10.2 Å². The fourth-order valence-corrected chi connectivity index (χ4v) is 2.42. The van der Waals surface area contributed by atoms with Crippen LogP contribution in [0.2, 0.25) is 5.02 Å². The van der Waals surface area contributed by atoms with Gasteiger partial charge in [0.2, 0.25) is 5.91 Å². The van der Waals surface area contributed by atoms with Crippen molar-refractivity contribution in [2.45, 2.75) is 25.2 Å². The second-order valence-electron chi connectivity index (χ2n) is 4.80. The third-order valence-corrected chi connectivity index (χ3v) is 3.88. The molecule has 0 saturated heterocycles. The summed E-state index contributed by atoms with van der Waals surface area (Å²) < 4.78 is 5.37. The van der Waals surface area contributed by atoms with Crippen molar-refractivity contribution < 1.29 is 9.53 Å². The van der Waals surface area contributed by atoms with E-state index in [2.05, 4.69) is 0 Å². The lowest BCUT2D eigenvalue weighted by molar-refractivity contribution is -0.132. The number of methoxy groups -OCH3 is 1. The van der Waals surface area contributed by atoms with Crippen molar-refractivity contribution in [1.29, 1.82) is 0 Å². The molecule has 2 rings (SSSR count). The highest BCUT2D eigenvalue weighted by Crippen LogP contribution is 2.53. The maximum absolute atomic E-state index is 12.2. The monoisotopic (exact) mass is 268 g/mol. The number of carbonyl (C=O) groups is 1. The number of halogens is 1. The zero-order chi connectivity index (χ0) is 13.5. The molecule has 1 aromatic rings. The molecule has 0 atom stereocenters. The molecule has 4 nitrogen and oxygen atoms in total. The van der Waals surface area contributed by atoms with Gasteiger partial charge in [-0.15, -0.1) is 0 Å². The number of carbonyl (C=O) groups excluding carboxylic acids is 1. The summed E-state index contributed by atoms with van der Waals surface area (Å²) in [6.45, 7) is 1.91. The number of hydrazine groups is 1. The molecule has 0 unspecified atom stereocenters. The van der Waals surface area contributed by atoms with Crippen molar-refractivity contribution in [3.05, 3.63) is 28.3 Å². The van der Waals surface area contributed by atoms with Crippen LogP contribution in [0.15, 0.2) is 12.1 Å². The standard InChI is InChI=1S/C13H17ClN2O2/c1-8-6-11(18-3)9(7-10(8)14)13(4-5-13)12(17)16(2)15/h6-7H,4-5,15H2,1-3H3. The van der Waals surface area contributed by atoms with E-state index in [0.29, 0.717) is 10.8 Å². The van der Waals surface area contributed by atoms with Crippen molar-refractivity contribution in [2.75, 3.05) is 14.2 Å². The van der Waals surface area contributed by atoms with Crippen LogP contribution in [-0.4, -0.2) is 25.1 Å². The Morgan fingerprint density at radius 1 is 1.50 bits per heavy atom. The first kappa shape index (κ1) is 13.2. The molecule has 5 heteroatoms. The molecular formula is C13H17ClN2O2.